The van der Waals surface area contributed by atoms with Crippen molar-refractivity contribution >= 4 is 11.6 Å². The highest BCUT2D eigenvalue weighted by atomic mass is 35.5. The van der Waals surface area contributed by atoms with E-state index >= 15 is 0 Å². The van der Waals surface area contributed by atoms with Crippen molar-refractivity contribution in [1.82, 2.24) is 15.0 Å². The minimum atomic E-state index is -0.429. The van der Waals surface area contributed by atoms with Crippen LogP contribution in [-0.2, 0) is 6.42 Å². The van der Waals surface area contributed by atoms with Gasteiger partial charge < -0.3 is 5.11 Å². The van der Waals surface area contributed by atoms with Crippen molar-refractivity contribution in [2.75, 3.05) is 6.61 Å². The standard InChI is InChI=1S/C10H9ClFN3O/c11-7-3-8(12)5-10(4-7)15-6-9(1-2-16)13-14-15/h3-6,16H,1-2H2. The van der Waals surface area contributed by atoms with Gasteiger partial charge in [-0.2, -0.15) is 0 Å². The molecule has 0 unspecified atom stereocenters. The molecule has 84 valence electrons. The molecule has 0 amide bonds. The first-order valence-corrected chi connectivity index (χ1v) is 5.05. The Morgan fingerprint density at radius 3 is 2.88 bits per heavy atom. The van der Waals surface area contributed by atoms with Gasteiger partial charge in [0.15, 0.2) is 0 Å². The molecule has 0 aliphatic carbocycles. The van der Waals surface area contributed by atoms with Gasteiger partial charge in [-0.3, -0.25) is 0 Å². The van der Waals surface area contributed by atoms with Crippen molar-refractivity contribution in [3.05, 3.63) is 40.9 Å². The molecule has 1 heterocycles. The molecule has 4 nitrogen and oxygen atoms in total. The number of aliphatic hydroxyl groups excluding tert-OH is 1. The lowest BCUT2D eigenvalue weighted by Crippen LogP contribution is -1.95. The second-order valence-electron chi connectivity index (χ2n) is 3.26. The monoisotopic (exact) mass is 241 g/mol. The van der Waals surface area contributed by atoms with E-state index in [0.717, 1.165) is 0 Å². The second-order valence-corrected chi connectivity index (χ2v) is 3.69. The zero-order valence-corrected chi connectivity index (χ0v) is 9.02. The summed E-state index contributed by atoms with van der Waals surface area (Å²) in [7, 11) is 0. The number of halogens is 2. The Balaban J connectivity index is 2.34. The third-order valence-corrected chi connectivity index (χ3v) is 2.24. The van der Waals surface area contributed by atoms with Gasteiger partial charge in [-0.1, -0.05) is 16.8 Å². The van der Waals surface area contributed by atoms with Crippen LogP contribution in [0.3, 0.4) is 0 Å². The zero-order chi connectivity index (χ0) is 11.5. The van der Waals surface area contributed by atoms with Crippen LogP contribution in [0.15, 0.2) is 24.4 Å². The summed E-state index contributed by atoms with van der Waals surface area (Å²) < 4.78 is 14.5. The third-order valence-electron chi connectivity index (χ3n) is 2.02. The molecule has 0 saturated heterocycles. The van der Waals surface area contributed by atoms with Gasteiger partial charge in [-0.05, 0) is 18.2 Å². The fourth-order valence-electron chi connectivity index (χ4n) is 1.33. The van der Waals surface area contributed by atoms with E-state index in [1.807, 2.05) is 0 Å². The number of nitrogens with zero attached hydrogens (tertiary/aromatic N) is 3. The Morgan fingerprint density at radius 1 is 1.38 bits per heavy atom. The lowest BCUT2D eigenvalue weighted by atomic mass is 10.3. The Bertz CT molecular complexity index is 480. The first-order valence-electron chi connectivity index (χ1n) is 4.67. The van der Waals surface area contributed by atoms with Crippen molar-refractivity contribution < 1.29 is 9.50 Å². The highest BCUT2D eigenvalue weighted by Crippen LogP contribution is 2.16. The van der Waals surface area contributed by atoms with E-state index in [0.29, 0.717) is 22.8 Å². The Hall–Kier alpha value is -1.46. The second kappa shape index (κ2) is 4.59. The van der Waals surface area contributed by atoms with Crippen molar-refractivity contribution in [2.45, 2.75) is 6.42 Å². The van der Waals surface area contributed by atoms with Gasteiger partial charge in [-0.15, -0.1) is 5.10 Å². The molecular weight excluding hydrogens is 233 g/mol. The highest BCUT2D eigenvalue weighted by Gasteiger charge is 2.05. The van der Waals surface area contributed by atoms with Crippen LogP contribution < -0.4 is 0 Å². The van der Waals surface area contributed by atoms with Crippen LogP contribution in [0.25, 0.3) is 5.69 Å². The number of hydrogen-bond donors (Lipinski definition) is 1. The van der Waals surface area contributed by atoms with E-state index < -0.39 is 5.82 Å². The maximum Gasteiger partial charge on any atom is 0.126 e. The molecule has 0 spiro atoms. The summed E-state index contributed by atoms with van der Waals surface area (Å²) in [5.41, 5.74) is 1.14. The number of rotatable bonds is 3. The summed E-state index contributed by atoms with van der Waals surface area (Å²) in [5, 5.41) is 16.7. The summed E-state index contributed by atoms with van der Waals surface area (Å²) >= 11 is 5.73. The molecule has 6 heteroatoms. The third kappa shape index (κ3) is 2.37. The summed E-state index contributed by atoms with van der Waals surface area (Å²) in [6.07, 6.45) is 2.05. The van der Waals surface area contributed by atoms with E-state index in [1.54, 1.807) is 12.3 Å². The molecule has 0 aliphatic heterocycles. The molecule has 16 heavy (non-hydrogen) atoms. The van der Waals surface area contributed by atoms with E-state index in [9.17, 15) is 4.39 Å². The highest BCUT2D eigenvalue weighted by molar-refractivity contribution is 6.30. The fourth-order valence-corrected chi connectivity index (χ4v) is 1.54. The molecule has 0 aliphatic rings. The summed E-state index contributed by atoms with van der Waals surface area (Å²) in [4.78, 5) is 0. The minimum absolute atomic E-state index is 0.00258. The number of benzene rings is 1. The molecule has 0 radical (unpaired) electrons. The first kappa shape index (κ1) is 11.0. The predicted octanol–water partition coefficient (Wildman–Crippen LogP) is 1.59. The van der Waals surface area contributed by atoms with Crippen molar-refractivity contribution in [1.29, 1.82) is 0 Å². The Labute approximate surface area is 96.3 Å². The largest absolute Gasteiger partial charge is 0.396 e. The van der Waals surface area contributed by atoms with Gasteiger partial charge in [0, 0.05) is 18.1 Å². The molecule has 0 fully saturated rings. The number of hydrogen-bond acceptors (Lipinski definition) is 3. The normalized spacial score (nSPS) is 10.7. The van der Waals surface area contributed by atoms with E-state index in [-0.39, 0.29) is 6.61 Å². The molecule has 0 saturated carbocycles. The zero-order valence-electron chi connectivity index (χ0n) is 8.27. The summed E-state index contributed by atoms with van der Waals surface area (Å²) in [6.45, 7) is 0.00258. The van der Waals surface area contributed by atoms with Gasteiger partial charge in [0.25, 0.3) is 0 Å². The van der Waals surface area contributed by atoms with Gasteiger partial charge in [0.05, 0.1) is 17.6 Å². The average molecular weight is 242 g/mol. The van der Waals surface area contributed by atoms with E-state index in [2.05, 4.69) is 10.3 Å². The van der Waals surface area contributed by atoms with Crippen LogP contribution in [-0.4, -0.2) is 26.7 Å². The molecule has 0 atom stereocenters. The van der Waals surface area contributed by atoms with Crippen molar-refractivity contribution in [3.8, 4) is 5.69 Å². The molecule has 1 aromatic heterocycles. The number of aromatic nitrogens is 3. The van der Waals surface area contributed by atoms with Crippen LogP contribution >= 0.6 is 11.6 Å². The van der Waals surface area contributed by atoms with Crippen molar-refractivity contribution in [2.24, 2.45) is 0 Å². The minimum Gasteiger partial charge on any atom is -0.396 e. The molecule has 1 N–H and O–H groups in total. The van der Waals surface area contributed by atoms with Gasteiger partial charge in [-0.25, -0.2) is 9.07 Å². The van der Waals surface area contributed by atoms with E-state index in [1.165, 1.54) is 16.8 Å². The molecule has 2 aromatic rings. The van der Waals surface area contributed by atoms with Crippen LogP contribution in [0, 0.1) is 5.82 Å². The van der Waals surface area contributed by atoms with Gasteiger partial charge in [0.1, 0.15) is 5.82 Å². The quantitative estimate of drug-likeness (QED) is 0.888. The lowest BCUT2D eigenvalue weighted by molar-refractivity contribution is 0.298. The lowest BCUT2D eigenvalue weighted by Gasteiger charge is -2.00. The summed E-state index contributed by atoms with van der Waals surface area (Å²) in [6, 6.07) is 4.11. The van der Waals surface area contributed by atoms with Crippen molar-refractivity contribution in [3.63, 3.8) is 0 Å². The molecular formula is C10H9ClFN3O. The molecule has 1 aromatic carbocycles. The average Bonchev–Trinajstić information content (AvgIpc) is 2.65. The maximum atomic E-state index is 13.1. The SMILES string of the molecule is OCCc1cn(-c2cc(F)cc(Cl)c2)nn1. The van der Waals surface area contributed by atoms with Gasteiger partial charge in [0.2, 0.25) is 0 Å². The topological polar surface area (TPSA) is 50.9 Å². The van der Waals surface area contributed by atoms with Crippen LogP contribution in [0.1, 0.15) is 5.69 Å². The summed E-state index contributed by atoms with van der Waals surface area (Å²) in [5.74, 6) is -0.429. The van der Waals surface area contributed by atoms with Crippen LogP contribution in [0.4, 0.5) is 4.39 Å². The first-order chi connectivity index (χ1) is 7.69. The van der Waals surface area contributed by atoms with Gasteiger partial charge >= 0.3 is 0 Å². The van der Waals surface area contributed by atoms with Crippen LogP contribution in [0.5, 0.6) is 0 Å². The molecule has 2 rings (SSSR count). The maximum absolute atomic E-state index is 13.1. The Kier molecular flexibility index (Phi) is 3.17. The predicted molar refractivity (Wildman–Crippen MR) is 57.1 cm³/mol. The fraction of sp³-hybridized carbons (Fsp3) is 0.200. The molecule has 0 bridgehead atoms. The smallest absolute Gasteiger partial charge is 0.126 e. The van der Waals surface area contributed by atoms with E-state index in [4.69, 9.17) is 16.7 Å². The number of aliphatic hydroxyl groups is 1. The Morgan fingerprint density at radius 2 is 2.19 bits per heavy atom. The van der Waals surface area contributed by atoms with Crippen LogP contribution in [0.2, 0.25) is 5.02 Å².